The number of esters is 1. The predicted octanol–water partition coefficient (Wildman–Crippen LogP) is 0.203. The van der Waals surface area contributed by atoms with E-state index in [-0.39, 0.29) is 19.7 Å². The van der Waals surface area contributed by atoms with Crippen molar-refractivity contribution >= 4 is 5.97 Å². The molecule has 0 unspecified atom stereocenters. The SMILES string of the molecule is CCOC(=O)C1(F)CN(C)C1. The van der Waals surface area contributed by atoms with Gasteiger partial charge in [0.25, 0.3) is 0 Å². The number of likely N-dealkylation sites (tertiary alicyclic amines) is 1. The molecule has 64 valence electrons. The molecule has 0 radical (unpaired) electrons. The van der Waals surface area contributed by atoms with Gasteiger partial charge in [-0.05, 0) is 14.0 Å². The van der Waals surface area contributed by atoms with E-state index in [2.05, 4.69) is 4.74 Å². The van der Waals surface area contributed by atoms with Crippen molar-refractivity contribution in [2.45, 2.75) is 12.6 Å². The van der Waals surface area contributed by atoms with E-state index in [0.717, 1.165) is 0 Å². The Kier molecular flexibility index (Phi) is 2.13. The molecule has 0 aromatic rings. The van der Waals surface area contributed by atoms with Crippen LogP contribution in [0.2, 0.25) is 0 Å². The van der Waals surface area contributed by atoms with Crippen molar-refractivity contribution in [1.29, 1.82) is 0 Å². The molecule has 1 heterocycles. The number of hydrogen-bond donors (Lipinski definition) is 0. The minimum absolute atomic E-state index is 0.159. The summed E-state index contributed by atoms with van der Waals surface area (Å²) in [5, 5.41) is 0. The average molecular weight is 161 g/mol. The second-order valence-corrected chi connectivity index (χ2v) is 2.86. The largest absolute Gasteiger partial charge is 0.464 e. The summed E-state index contributed by atoms with van der Waals surface area (Å²) < 4.78 is 17.8. The molecule has 0 amide bonds. The van der Waals surface area contributed by atoms with Crippen LogP contribution in [0.5, 0.6) is 0 Å². The zero-order valence-corrected chi connectivity index (χ0v) is 6.76. The third kappa shape index (κ3) is 1.50. The fourth-order valence-electron chi connectivity index (χ4n) is 1.20. The van der Waals surface area contributed by atoms with Crippen LogP contribution in [0.3, 0.4) is 0 Å². The molecule has 1 rings (SSSR count). The highest BCUT2D eigenvalue weighted by Gasteiger charge is 2.49. The van der Waals surface area contributed by atoms with E-state index in [1.54, 1.807) is 18.9 Å². The van der Waals surface area contributed by atoms with Gasteiger partial charge in [-0.2, -0.15) is 0 Å². The van der Waals surface area contributed by atoms with Crippen molar-refractivity contribution < 1.29 is 13.9 Å². The molecular weight excluding hydrogens is 149 g/mol. The van der Waals surface area contributed by atoms with E-state index in [0.29, 0.717) is 0 Å². The Morgan fingerprint density at radius 2 is 2.27 bits per heavy atom. The van der Waals surface area contributed by atoms with Gasteiger partial charge < -0.3 is 4.74 Å². The molecule has 0 atom stereocenters. The molecule has 0 aliphatic carbocycles. The molecule has 11 heavy (non-hydrogen) atoms. The molecule has 0 N–H and O–H groups in total. The maximum atomic E-state index is 13.2. The fraction of sp³-hybridized carbons (Fsp3) is 0.857. The summed E-state index contributed by atoms with van der Waals surface area (Å²) in [7, 11) is 1.76. The van der Waals surface area contributed by atoms with Crippen molar-refractivity contribution in [3.05, 3.63) is 0 Å². The molecular formula is C7H12FNO2. The maximum Gasteiger partial charge on any atom is 0.346 e. The fourth-order valence-corrected chi connectivity index (χ4v) is 1.20. The standard InChI is InChI=1S/C7H12FNO2/c1-3-11-6(10)7(8)4-9(2)5-7/h3-5H2,1-2H3. The number of carbonyl (C=O) groups excluding carboxylic acids is 1. The van der Waals surface area contributed by atoms with Crippen molar-refractivity contribution in [1.82, 2.24) is 4.90 Å². The van der Waals surface area contributed by atoms with Gasteiger partial charge in [0.05, 0.1) is 6.61 Å². The third-order valence-electron chi connectivity index (χ3n) is 1.68. The van der Waals surface area contributed by atoms with E-state index >= 15 is 0 Å². The van der Waals surface area contributed by atoms with E-state index in [4.69, 9.17) is 0 Å². The number of alkyl halides is 1. The van der Waals surface area contributed by atoms with Gasteiger partial charge in [-0.25, -0.2) is 9.18 Å². The van der Waals surface area contributed by atoms with Crippen LogP contribution in [0.1, 0.15) is 6.92 Å². The molecule has 1 aliphatic heterocycles. The first-order chi connectivity index (χ1) is 5.08. The summed E-state index contributed by atoms with van der Waals surface area (Å²) in [6.45, 7) is 2.23. The first kappa shape index (κ1) is 8.46. The van der Waals surface area contributed by atoms with Crippen molar-refractivity contribution in [3.63, 3.8) is 0 Å². The lowest BCUT2D eigenvalue weighted by molar-refractivity contribution is -0.168. The minimum atomic E-state index is -1.73. The minimum Gasteiger partial charge on any atom is -0.464 e. The summed E-state index contributed by atoms with van der Waals surface area (Å²) in [4.78, 5) is 12.6. The van der Waals surface area contributed by atoms with Gasteiger partial charge >= 0.3 is 5.97 Å². The Labute approximate surface area is 65.1 Å². The molecule has 0 saturated carbocycles. The number of rotatable bonds is 2. The molecule has 0 aromatic heterocycles. The average Bonchev–Trinajstić information content (AvgIpc) is 1.85. The highest BCUT2D eigenvalue weighted by Crippen LogP contribution is 2.24. The van der Waals surface area contributed by atoms with E-state index < -0.39 is 11.6 Å². The normalized spacial score (nSPS) is 22.5. The summed E-state index contributed by atoms with van der Waals surface area (Å²) in [6.07, 6.45) is 0. The summed E-state index contributed by atoms with van der Waals surface area (Å²) in [5.41, 5.74) is -1.73. The van der Waals surface area contributed by atoms with Gasteiger partial charge in [0.2, 0.25) is 5.67 Å². The van der Waals surface area contributed by atoms with E-state index in [1.165, 1.54) is 0 Å². The Bertz CT molecular complexity index is 166. The second kappa shape index (κ2) is 2.77. The van der Waals surface area contributed by atoms with Gasteiger partial charge in [0, 0.05) is 13.1 Å². The Morgan fingerprint density at radius 3 is 2.64 bits per heavy atom. The molecule has 4 heteroatoms. The Morgan fingerprint density at radius 1 is 1.73 bits per heavy atom. The lowest BCUT2D eigenvalue weighted by Gasteiger charge is -2.39. The van der Waals surface area contributed by atoms with E-state index in [9.17, 15) is 9.18 Å². The van der Waals surface area contributed by atoms with Crippen LogP contribution in [-0.4, -0.2) is 43.3 Å². The zero-order chi connectivity index (χ0) is 8.48. The number of ether oxygens (including phenoxy) is 1. The van der Waals surface area contributed by atoms with Crippen molar-refractivity contribution in [3.8, 4) is 0 Å². The quantitative estimate of drug-likeness (QED) is 0.542. The van der Waals surface area contributed by atoms with Crippen molar-refractivity contribution in [2.24, 2.45) is 0 Å². The Hall–Kier alpha value is -0.640. The van der Waals surface area contributed by atoms with Gasteiger partial charge in [-0.3, -0.25) is 4.90 Å². The molecule has 1 fully saturated rings. The van der Waals surface area contributed by atoms with Crippen LogP contribution < -0.4 is 0 Å². The lowest BCUT2D eigenvalue weighted by Crippen LogP contribution is -2.62. The van der Waals surface area contributed by atoms with Crippen LogP contribution in [-0.2, 0) is 9.53 Å². The second-order valence-electron chi connectivity index (χ2n) is 2.86. The van der Waals surface area contributed by atoms with Gasteiger partial charge in [0.15, 0.2) is 0 Å². The molecule has 0 bridgehead atoms. The number of nitrogens with zero attached hydrogens (tertiary/aromatic N) is 1. The van der Waals surface area contributed by atoms with E-state index in [1.807, 2.05) is 0 Å². The molecule has 1 saturated heterocycles. The topological polar surface area (TPSA) is 29.5 Å². The molecule has 0 spiro atoms. The number of halogens is 1. The lowest BCUT2D eigenvalue weighted by atomic mass is 9.98. The monoisotopic (exact) mass is 161 g/mol. The Balaban J connectivity index is 2.41. The van der Waals surface area contributed by atoms with Crippen LogP contribution in [0.15, 0.2) is 0 Å². The zero-order valence-electron chi connectivity index (χ0n) is 6.76. The summed E-state index contributed by atoms with van der Waals surface area (Å²) in [6, 6.07) is 0. The number of carbonyl (C=O) groups is 1. The number of hydrogen-bond acceptors (Lipinski definition) is 3. The predicted molar refractivity (Wildman–Crippen MR) is 38.0 cm³/mol. The van der Waals surface area contributed by atoms with Crippen LogP contribution >= 0.6 is 0 Å². The third-order valence-corrected chi connectivity index (χ3v) is 1.68. The summed E-state index contributed by atoms with van der Waals surface area (Å²) >= 11 is 0. The van der Waals surface area contributed by atoms with Gasteiger partial charge in [-0.1, -0.05) is 0 Å². The van der Waals surface area contributed by atoms with Crippen molar-refractivity contribution in [2.75, 3.05) is 26.7 Å². The van der Waals surface area contributed by atoms with Gasteiger partial charge in [-0.15, -0.1) is 0 Å². The molecule has 1 aliphatic rings. The molecule has 3 nitrogen and oxygen atoms in total. The smallest absolute Gasteiger partial charge is 0.346 e. The summed E-state index contributed by atoms with van der Waals surface area (Å²) in [5.74, 6) is -0.724. The molecule has 0 aromatic carbocycles. The van der Waals surface area contributed by atoms with Gasteiger partial charge in [0.1, 0.15) is 0 Å². The van der Waals surface area contributed by atoms with Crippen LogP contribution in [0, 0.1) is 0 Å². The highest BCUT2D eigenvalue weighted by molar-refractivity contribution is 5.81. The van der Waals surface area contributed by atoms with Crippen LogP contribution in [0.4, 0.5) is 4.39 Å². The highest BCUT2D eigenvalue weighted by atomic mass is 19.1. The first-order valence-corrected chi connectivity index (χ1v) is 3.63. The first-order valence-electron chi connectivity index (χ1n) is 3.63. The van der Waals surface area contributed by atoms with Crippen LogP contribution in [0.25, 0.3) is 0 Å². The maximum absolute atomic E-state index is 13.2.